The highest BCUT2D eigenvalue weighted by Crippen LogP contribution is 2.18. The second kappa shape index (κ2) is 4.58. The van der Waals surface area contributed by atoms with Crippen LogP contribution in [0.15, 0.2) is 18.2 Å². The molecule has 0 bridgehead atoms. The first kappa shape index (κ1) is 11.2. The number of nitrogens with zero attached hydrogens (tertiary/aromatic N) is 1. The quantitative estimate of drug-likeness (QED) is 0.738. The first-order valence-corrected chi connectivity index (χ1v) is 4.97. The van der Waals surface area contributed by atoms with Gasteiger partial charge in [-0.1, -0.05) is 18.2 Å². The smallest absolute Gasteiger partial charge is 0.0853 e. The molecule has 1 unspecified atom stereocenters. The van der Waals surface area contributed by atoms with E-state index in [1.54, 1.807) is 0 Å². The van der Waals surface area contributed by atoms with E-state index in [2.05, 4.69) is 56.4 Å². The van der Waals surface area contributed by atoms with Gasteiger partial charge in [-0.15, -0.1) is 0 Å². The largest absolute Gasteiger partial charge is 0.301 e. The molecule has 0 saturated heterocycles. The highest BCUT2D eigenvalue weighted by Gasteiger charge is 2.11. The fourth-order valence-corrected chi connectivity index (χ4v) is 1.66. The Morgan fingerprint density at radius 2 is 1.79 bits per heavy atom. The lowest BCUT2D eigenvalue weighted by molar-refractivity contribution is 0.264. The Kier molecular flexibility index (Phi) is 3.67. The number of aryl methyl sites for hydroxylation is 2. The monoisotopic (exact) mass is 192 g/mol. The van der Waals surface area contributed by atoms with E-state index in [0.717, 1.165) is 0 Å². The summed E-state index contributed by atoms with van der Waals surface area (Å²) >= 11 is 0. The van der Waals surface area contributed by atoms with E-state index in [1.165, 1.54) is 16.7 Å². The number of nitrogens with one attached hydrogen (secondary N) is 1. The molecule has 0 aromatic heterocycles. The van der Waals surface area contributed by atoms with E-state index in [9.17, 15) is 0 Å². The maximum absolute atomic E-state index is 3.29. The lowest BCUT2D eigenvalue weighted by Crippen LogP contribution is -2.30. The van der Waals surface area contributed by atoms with Crippen molar-refractivity contribution in [1.29, 1.82) is 0 Å². The van der Waals surface area contributed by atoms with Crippen LogP contribution in [0.3, 0.4) is 0 Å². The van der Waals surface area contributed by atoms with Crippen LogP contribution < -0.4 is 5.32 Å². The van der Waals surface area contributed by atoms with Crippen molar-refractivity contribution in [1.82, 2.24) is 10.2 Å². The predicted octanol–water partition coefficient (Wildman–Crippen LogP) is 2.08. The number of rotatable bonds is 3. The fourth-order valence-electron chi connectivity index (χ4n) is 1.66. The molecule has 78 valence electrons. The van der Waals surface area contributed by atoms with Crippen molar-refractivity contribution in [3.63, 3.8) is 0 Å². The number of hydrogen-bond acceptors (Lipinski definition) is 2. The van der Waals surface area contributed by atoms with Gasteiger partial charge in [-0.2, -0.15) is 0 Å². The Balaban J connectivity index is 3.00. The van der Waals surface area contributed by atoms with Crippen LogP contribution in [-0.4, -0.2) is 26.0 Å². The van der Waals surface area contributed by atoms with Crippen LogP contribution in [0.1, 0.15) is 22.9 Å². The summed E-state index contributed by atoms with van der Waals surface area (Å²) < 4.78 is 0. The van der Waals surface area contributed by atoms with Crippen molar-refractivity contribution in [2.45, 2.75) is 20.0 Å². The average Bonchev–Trinajstić information content (AvgIpc) is 2.11. The lowest BCUT2D eigenvalue weighted by atomic mass is 10.0. The van der Waals surface area contributed by atoms with E-state index in [-0.39, 0.29) is 0 Å². The molecule has 1 atom stereocenters. The molecule has 0 aliphatic rings. The van der Waals surface area contributed by atoms with E-state index >= 15 is 0 Å². The molecule has 1 N–H and O–H groups in total. The summed E-state index contributed by atoms with van der Waals surface area (Å²) in [6.45, 7) is 4.30. The van der Waals surface area contributed by atoms with Crippen molar-refractivity contribution in [3.05, 3.63) is 34.9 Å². The third kappa shape index (κ3) is 2.34. The third-order valence-corrected chi connectivity index (χ3v) is 2.64. The van der Waals surface area contributed by atoms with E-state index in [0.29, 0.717) is 6.17 Å². The van der Waals surface area contributed by atoms with Gasteiger partial charge in [-0.3, -0.25) is 4.90 Å². The average molecular weight is 192 g/mol. The van der Waals surface area contributed by atoms with Crippen molar-refractivity contribution in [3.8, 4) is 0 Å². The zero-order chi connectivity index (χ0) is 10.7. The Hall–Kier alpha value is -0.860. The van der Waals surface area contributed by atoms with Gasteiger partial charge in [0.1, 0.15) is 0 Å². The van der Waals surface area contributed by atoms with Crippen molar-refractivity contribution >= 4 is 0 Å². The van der Waals surface area contributed by atoms with E-state index < -0.39 is 0 Å². The molecule has 0 radical (unpaired) electrons. The van der Waals surface area contributed by atoms with Crippen molar-refractivity contribution < 1.29 is 0 Å². The van der Waals surface area contributed by atoms with Crippen LogP contribution in [-0.2, 0) is 0 Å². The summed E-state index contributed by atoms with van der Waals surface area (Å²) in [4.78, 5) is 2.17. The Bertz CT molecular complexity index is 305. The molecule has 0 fully saturated rings. The molecule has 0 saturated carbocycles. The maximum atomic E-state index is 3.29. The van der Waals surface area contributed by atoms with Crippen LogP contribution >= 0.6 is 0 Å². The molecule has 1 aromatic rings. The van der Waals surface area contributed by atoms with Gasteiger partial charge in [-0.25, -0.2) is 0 Å². The number of benzene rings is 1. The summed E-state index contributed by atoms with van der Waals surface area (Å²) in [5.41, 5.74) is 4.02. The minimum Gasteiger partial charge on any atom is -0.301 e. The predicted molar refractivity (Wildman–Crippen MR) is 61.4 cm³/mol. The molecule has 1 rings (SSSR count). The van der Waals surface area contributed by atoms with Gasteiger partial charge in [0.05, 0.1) is 6.17 Å². The maximum Gasteiger partial charge on any atom is 0.0853 e. The van der Waals surface area contributed by atoms with Crippen LogP contribution in [0.2, 0.25) is 0 Å². The summed E-state index contributed by atoms with van der Waals surface area (Å²) in [6.07, 6.45) is 0.300. The standard InChI is InChI=1S/C12H20N2/c1-9-6-7-11(8-10(9)2)12(13-3)14(4)5/h6-8,12-13H,1-5H3. The summed E-state index contributed by atoms with van der Waals surface area (Å²) in [5, 5.41) is 3.29. The Morgan fingerprint density at radius 1 is 1.14 bits per heavy atom. The molecule has 0 amide bonds. The topological polar surface area (TPSA) is 15.3 Å². The van der Waals surface area contributed by atoms with Crippen LogP contribution in [0.5, 0.6) is 0 Å². The molecule has 0 aliphatic carbocycles. The highest BCUT2D eigenvalue weighted by molar-refractivity contribution is 5.31. The van der Waals surface area contributed by atoms with Gasteiger partial charge in [0.25, 0.3) is 0 Å². The lowest BCUT2D eigenvalue weighted by Gasteiger charge is -2.24. The minimum absolute atomic E-state index is 0.300. The van der Waals surface area contributed by atoms with Crippen molar-refractivity contribution in [2.75, 3.05) is 21.1 Å². The summed E-state index contributed by atoms with van der Waals surface area (Å²) in [6, 6.07) is 6.61. The van der Waals surface area contributed by atoms with Crippen LogP contribution in [0.25, 0.3) is 0 Å². The second-order valence-corrected chi connectivity index (χ2v) is 4.00. The molecule has 1 aromatic carbocycles. The van der Waals surface area contributed by atoms with Crippen molar-refractivity contribution in [2.24, 2.45) is 0 Å². The van der Waals surface area contributed by atoms with Gasteiger partial charge in [0.15, 0.2) is 0 Å². The van der Waals surface area contributed by atoms with Gasteiger partial charge in [-0.05, 0) is 51.7 Å². The molecule has 0 heterocycles. The van der Waals surface area contributed by atoms with Gasteiger partial charge in [0.2, 0.25) is 0 Å². The highest BCUT2D eigenvalue weighted by atomic mass is 15.2. The molecule has 2 nitrogen and oxygen atoms in total. The van der Waals surface area contributed by atoms with Gasteiger partial charge >= 0.3 is 0 Å². The fraction of sp³-hybridized carbons (Fsp3) is 0.500. The first-order valence-electron chi connectivity index (χ1n) is 4.97. The van der Waals surface area contributed by atoms with Crippen LogP contribution in [0, 0.1) is 13.8 Å². The normalized spacial score (nSPS) is 13.3. The first-order chi connectivity index (χ1) is 6.56. The molecule has 2 heteroatoms. The molecule has 0 spiro atoms. The Morgan fingerprint density at radius 3 is 2.21 bits per heavy atom. The van der Waals surface area contributed by atoms with Gasteiger partial charge < -0.3 is 5.32 Å². The number of hydrogen-bond donors (Lipinski definition) is 1. The summed E-state index contributed by atoms with van der Waals surface area (Å²) in [7, 11) is 6.15. The van der Waals surface area contributed by atoms with Crippen LogP contribution in [0.4, 0.5) is 0 Å². The second-order valence-electron chi connectivity index (χ2n) is 4.00. The molecular weight excluding hydrogens is 172 g/mol. The molecule has 0 aliphatic heterocycles. The minimum atomic E-state index is 0.300. The zero-order valence-electron chi connectivity index (χ0n) is 9.76. The van der Waals surface area contributed by atoms with E-state index in [1.807, 2.05) is 7.05 Å². The van der Waals surface area contributed by atoms with E-state index in [4.69, 9.17) is 0 Å². The third-order valence-electron chi connectivity index (χ3n) is 2.64. The molecular formula is C12H20N2. The Labute approximate surface area is 86.9 Å². The molecule has 14 heavy (non-hydrogen) atoms. The SMILES string of the molecule is CNC(c1ccc(C)c(C)c1)N(C)C. The van der Waals surface area contributed by atoms with Gasteiger partial charge in [0, 0.05) is 0 Å². The summed E-state index contributed by atoms with van der Waals surface area (Å²) in [5.74, 6) is 0. The zero-order valence-corrected chi connectivity index (χ0v) is 9.76.